The average Bonchev–Trinajstić information content (AvgIpc) is 2.74. The molecule has 1 aromatic rings. The summed E-state index contributed by atoms with van der Waals surface area (Å²) in [5.74, 6) is -0.480. The molecule has 0 saturated heterocycles. The number of rotatable bonds is 5. The Morgan fingerprint density at radius 2 is 2.35 bits per heavy atom. The van der Waals surface area contributed by atoms with Gasteiger partial charge in [-0.2, -0.15) is 0 Å². The lowest BCUT2D eigenvalue weighted by atomic mass is 9.97. The Morgan fingerprint density at radius 3 is 3.06 bits per heavy atom. The molecule has 1 aliphatic carbocycles. The number of carboxylic acids is 1. The minimum Gasteiger partial charge on any atom is -0.481 e. The molecule has 0 bridgehead atoms. The zero-order valence-corrected chi connectivity index (χ0v) is 9.67. The highest BCUT2D eigenvalue weighted by Crippen LogP contribution is 2.20. The molecule has 17 heavy (non-hydrogen) atoms. The molecule has 0 unspecified atom stereocenters. The van der Waals surface area contributed by atoms with Crippen molar-refractivity contribution in [2.24, 2.45) is 0 Å². The Kier molecular flexibility index (Phi) is 3.85. The van der Waals surface area contributed by atoms with Gasteiger partial charge in [0.05, 0.1) is 0 Å². The second-order valence-electron chi connectivity index (χ2n) is 4.25. The molecule has 1 heterocycles. The summed E-state index contributed by atoms with van der Waals surface area (Å²) in [6.45, 7) is 0.668. The maximum atomic E-state index is 10.6. The lowest BCUT2D eigenvalue weighted by molar-refractivity contribution is -0.136. The Labute approximate surface area is 99.3 Å². The van der Waals surface area contributed by atoms with Gasteiger partial charge in [-0.05, 0) is 42.5 Å². The minimum atomic E-state index is -0.905. The van der Waals surface area contributed by atoms with Crippen LogP contribution in [0.15, 0.2) is 11.6 Å². The van der Waals surface area contributed by atoms with Crippen LogP contribution in [-0.2, 0) is 17.8 Å². The predicted octanol–water partition coefficient (Wildman–Crippen LogP) is 1.19. The van der Waals surface area contributed by atoms with E-state index in [2.05, 4.69) is 21.6 Å². The fourth-order valence-corrected chi connectivity index (χ4v) is 2.04. The van der Waals surface area contributed by atoms with E-state index >= 15 is 0 Å². The first-order valence-corrected chi connectivity index (χ1v) is 5.90. The topological polar surface area (TPSA) is 80.9 Å². The van der Waals surface area contributed by atoms with Crippen molar-refractivity contribution in [2.45, 2.75) is 45.1 Å². The van der Waals surface area contributed by atoms with Gasteiger partial charge in [-0.3, -0.25) is 4.79 Å². The molecule has 2 rings (SSSR count). The summed E-state index contributed by atoms with van der Waals surface area (Å²) >= 11 is 0. The van der Waals surface area contributed by atoms with E-state index in [1.165, 1.54) is 18.4 Å². The number of carboxylic acid groups (broad SMARTS) is 1. The van der Waals surface area contributed by atoms with Crippen molar-refractivity contribution < 1.29 is 9.90 Å². The smallest absolute Gasteiger partial charge is 0.311 e. The average molecular weight is 236 g/mol. The van der Waals surface area contributed by atoms with Crippen LogP contribution >= 0.6 is 0 Å². The van der Waals surface area contributed by atoms with Crippen LogP contribution in [0.5, 0.6) is 0 Å². The van der Waals surface area contributed by atoms with E-state index in [0.717, 1.165) is 19.3 Å². The predicted molar refractivity (Wildman–Crippen MR) is 60.3 cm³/mol. The summed E-state index contributed by atoms with van der Waals surface area (Å²) in [7, 11) is 0. The van der Waals surface area contributed by atoms with Gasteiger partial charge in [-0.15, -0.1) is 5.10 Å². The highest BCUT2D eigenvalue weighted by atomic mass is 16.4. The SMILES string of the molecule is O=C(O)Cc1nnnn1CCC1=CCCCC1. The summed E-state index contributed by atoms with van der Waals surface area (Å²) in [6, 6.07) is 0. The largest absolute Gasteiger partial charge is 0.481 e. The van der Waals surface area contributed by atoms with Gasteiger partial charge < -0.3 is 5.11 Å². The minimum absolute atomic E-state index is 0.119. The van der Waals surface area contributed by atoms with Crippen molar-refractivity contribution in [2.75, 3.05) is 0 Å². The van der Waals surface area contributed by atoms with Gasteiger partial charge in [-0.1, -0.05) is 11.6 Å². The Balaban J connectivity index is 1.92. The summed E-state index contributed by atoms with van der Waals surface area (Å²) in [5, 5.41) is 19.8. The molecule has 0 amide bonds. The monoisotopic (exact) mass is 236 g/mol. The molecular weight excluding hydrogens is 220 g/mol. The Hall–Kier alpha value is -1.72. The standard InChI is InChI=1S/C11H16N4O2/c16-11(17)8-10-12-13-14-15(10)7-6-9-4-2-1-3-5-9/h4H,1-3,5-8H2,(H,16,17). The summed E-state index contributed by atoms with van der Waals surface area (Å²) < 4.78 is 1.59. The third kappa shape index (κ3) is 3.37. The quantitative estimate of drug-likeness (QED) is 0.777. The zero-order valence-electron chi connectivity index (χ0n) is 9.67. The third-order valence-corrected chi connectivity index (χ3v) is 2.95. The highest BCUT2D eigenvalue weighted by molar-refractivity contribution is 5.68. The van der Waals surface area contributed by atoms with Crippen molar-refractivity contribution >= 4 is 5.97 Å². The van der Waals surface area contributed by atoms with E-state index in [4.69, 9.17) is 5.11 Å². The second kappa shape index (κ2) is 5.56. The fourth-order valence-electron chi connectivity index (χ4n) is 2.04. The maximum Gasteiger partial charge on any atom is 0.311 e. The first-order chi connectivity index (χ1) is 8.25. The zero-order chi connectivity index (χ0) is 12.1. The van der Waals surface area contributed by atoms with E-state index in [1.54, 1.807) is 4.68 Å². The van der Waals surface area contributed by atoms with Gasteiger partial charge in [0, 0.05) is 6.54 Å². The molecule has 92 valence electrons. The number of tetrazole rings is 1. The summed E-state index contributed by atoms with van der Waals surface area (Å²) in [6.07, 6.45) is 7.92. The van der Waals surface area contributed by atoms with Gasteiger partial charge in [0.25, 0.3) is 0 Å². The van der Waals surface area contributed by atoms with Crippen LogP contribution in [0.4, 0.5) is 0 Å². The molecule has 0 aromatic carbocycles. The van der Waals surface area contributed by atoms with E-state index in [1.807, 2.05) is 0 Å². The third-order valence-electron chi connectivity index (χ3n) is 2.95. The van der Waals surface area contributed by atoms with Crippen molar-refractivity contribution in [3.8, 4) is 0 Å². The summed E-state index contributed by atoms with van der Waals surface area (Å²) in [4.78, 5) is 10.6. The molecule has 0 radical (unpaired) electrons. The molecule has 1 aromatic heterocycles. The number of aliphatic carboxylic acids is 1. The maximum absolute atomic E-state index is 10.6. The molecule has 0 fully saturated rings. The van der Waals surface area contributed by atoms with Crippen molar-refractivity contribution in [1.29, 1.82) is 0 Å². The van der Waals surface area contributed by atoms with Gasteiger partial charge in [0.1, 0.15) is 6.42 Å². The normalized spacial score (nSPS) is 15.6. The van der Waals surface area contributed by atoms with Gasteiger partial charge in [-0.25, -0.2) is 4.68 Å². The molecule has 0 aliphatic heterocycles. The van der Waals surface area contributed by atoms with Gasteiger partial charge in [0.15, 0.2) is 5.82 Å². The van der Waals surface area contributed by atoms with Crippen LogP contribution in [0.2, 0.25) is 0 Å². The highest BCUT2D eigenvalue weighted by Gasteiger charge is 2.11. The second-order valence-corrected chi connectivity index (χ2v) is 4.25. The van der Waals surface area contributed by atoms with Gasteiger partial charge in [0.2, 0.25) is 0 Å². The summed E-state index contributed by atoms with van der Waals surface area (Å²) in [5.41, 5.74) is 1.44. The lowest BCUT2D eigenvalue weighted by Gasteiger charge is -2.12. The molecule has 1 N–H and O–H groups in total. The number of aryl methyl sites for hydroxylation is 1. The number of carbonyl (C=O) groups is 1. The molecule has 0 atom stereocenters. The van der Waals surface area contributed by atoms with E-state index < -0.39 is 5.97 Å². The molecule has 0 spiro atoms. The van der Waals surface area contributed by atoms with Crippen molar-refractivity contribution in [3.63, 3.8) is 0 Å². The lowest BCUT2D eigenvalue weighted by Crippen LogP contribution is -2.11. The molecule has 1 aliphatic rings. The van der Waals surface area contributed by atoms with E-state index in [9.17, 15) is 4.79 Å². The molecule has 6 heteroatoms. The van der Waals surface area contributed by atoms with Gasteiger partial charge >= 0.3 is 5.97 Å². The van der Waals surface area contributed by atoms with Crippen LogP contribution in [0.3, 0.4) is 0 Å². The molecule has 6 nitrogen and oxygen atoms in total. The molecular formula is C11H16N4O2. The van der Waals surface area contributed by atoms with Crippen LogP contribution < -0.4 is 0 Å². The van der Waals surface area contributed by atoms with E-state index in [-0.39, 0.29) is 6.42 Å². The number of aromatic nitrogens is 4. The first kappa shape index (κ1) is 11.8. The number of hydrogen-bond donors (Lipinski definition) is 1. The Morgan fingerprint density at radius 1 is 1.47 bits per heavy atom. The van der Waals surface area contributed by atoms with Crippen LogP contribution in [0, 0.1) is 0 Å². The Bertz CT molecular complexity index is 425. The van der Waals surface area contributed by atoms with E-state index in [0.29, 0.717) is 12.4 Å². The van der Waals surface area contributed by atoms with Crippen LogP contribution in [0.1, 0.15) is 37.9 Å². The van der Waals surface area contributed by atoms with Crippen molar-refractivity contribution in [1.82, 2.24) is 20.2 Å². The fraction of sp³-hybridized carbons (Fsp3) is 0.636. The van der Waals surface area contributed by atoms with Crippen LogP contribution in [0.25, 0.3) is 0 Å². The number of nitrogens with zero attached hydrogens (tertiary/aromatic N) is 4. The van der Waals surface area contributed by atoms with Crippen molar-refractivity contribution in [3.05, 3.63) is 17.5 Å². The first-order valence-electron chi connectivity index (χ1n) is 5.90. The molecule has 0 saturated carbocycles. The number of hydrogen-bond acceptors (Lipinski definition) is 4. The number of allylic oxidation sites excluding steroid dienone is 2. The van der Waals surface area contributed by atoms with Crippen LogP contribution in [-0.4, -0.2) is 31.3 Å².